The highest BCUT2D eigenvalue weighted by Gasteiger charge is 2.38. The van der Waals surface area contributed by atoms with Gasteiger partial charge >= 0.3 is 0 Å². The van der Waals surface area contributed by atoms with E-state index < -0.39 is 0 Å². The summed E-state index contributed by atoms with van der Waals surface area (Å²) in [7, 11) is 0. The summed E-state index contributed by atoms with van der Waals surface area (Å²) in [6.07, 6.45) is 8.91. The molecule has 2 aliphatic rings. The van der Waals surface area contributed by atoms with Crippen molar-refractivity contribution in [1.82, 2.24) is 5.32 Å². The minimum Gasteiger partial charge on any atom is -0.375 e. The zero-order valence-corrected chi connectivity index (χ0v) is 14.5. The van der Waals surface area contributed by atoms with Crippen LogP contribution < -0.4 is 5.32 Å². The zero-order chi connectivity index (χ0) is 14.7. The van der Waals surface area contributed by atoms with Gasteiger partial charge < -0.3 is 10.1 Å². The minimum atomic E-state index is 0.186. The Morgan fingerprint density at radius 3 is 2.86 bits per heavy atom. The van der Waals surface area contributed by atoms with Gasteiger partial charge in [-0.3, -0.25) is 0 Å². The SMILES string of the molecule is CC(NC1CCOC2(CCCCC2)C1)c1cccc(Br)c1. The maximum absolute atomic E-state index is 6.20. The molecule has 0 radical (unpaired) electrons. The monoisotopic (exact) mass is 351 g/mol. The van der Waals surface area contributed by atoms with Crippen LogP contribution in [-0.4, -0.2) is 18.2 Å². The molecule has 1 N–H and O–H groups in total. The Balaban J connectivity index is 1.61. The summed E-state index contributed by atoms with van der Waals surface area (Å²) in [6, 6.07) is 9.61. The van der Waals surface area contributed by atoms with E-state index in [0.29, 0.717) is 12.1 Å². The van der Waals surface area contributed by atoms with Crippen LogP contribution in [-0.2, 0) is 4.74 Å². The molecule has 21 heavy (non-hydrogen) atoms. The van der Waals surface area contributed by atoms with Gasteiger partial charge in [0.15, 0.2) is 0 Å². The van der Waals surface area contributed by atoms with Gasteiger partial charge in [0.1, 0.15) is 0 Å². The molecular formula is C18H26BrNO. The molecule has 2 atom stereocenters. The molecule has 116 valence electrons. The van der Waals surface area contributed by atoms with Crippen molar-refractivity contribution in [2.24, 2.45) is 0 Å². The highest BCUT2D eigenvalue weighted by atomic mass is 79.9. The highest BCUT2D eigenvalue weighted by molar-refractivity contribution is 9.10. The second-order valence-corrected chi connectivity index (χ2v) is 7.64. The van der Waals surface area contributed by atoms with Gasteiger partial charge in [-0.25, -0.2) is 0 Å². The normalized spacial score (nSPS) is 26.7. The Kier molecular flexibility index (Phi) is 5.03. The molecule has 3 rings (SSSR count). The number of rotatable bonds is 3. The van der Waals surface area contributed by atoms with Crippen molar-refractivity contribution in [1.29, 1.82) is 0 Å². The molecular weight excluding hydrogens is 326 g/mol. The number of benzene rings is 1. The fraction of sp³-hybridized carbons (Fsp3) is 0.667. The first-order chi connectivity index (χ1) is 10.2. The lowest BCUT2D eigenvalue weighted by Gasteiger charge is -2.44. The Labute approximate surface area is 136 Å². The van der Waals surface area contributed by atoms with Gasteiger partial charge in [-0.15, -0.1) is 0 Å². The van der Waals surface area contributed by atoms with Crippen LogP contribution in [0, 0.1) is 0 Å². The summed E-state index contributed by atoms with van der Waals surface area (Å²) in [5.41, 5.74) is 1.54. The molecule has 0 bridgehead atoms. The van der Waals surface area contributed by atoms with Crippen LogP contribution in [0.5, 0.6) is 0 Å². The Morgan fingerprint density at radius 1 is 1.29 bits per heavy atom. The molecule has 1 aliphatic carbocycles. The van der Waals surface area contributed by atoms with E-state index in [0.717, 1.165) is 17.5 Å². The molecule has 1 saturated carbocycles. The average Bonchev–Trinajstić information content (AvgIpc) is 2.48. The predicted molar refractivity (Wildman–Crippen MR) is 90.5 cm³/mol. The van der Waals surface area contributed by atoms with Gasteiger partial charge in [-0.1, -0.05) is 47.3 Å². The van der Waals surface area contributed by atoms with Crippen LogP contribution in [0.1, 0.15) is 63.5 Å². The third-order valence-electron chi connectivity index (χ3n) is 5.09. The van der Waals surface area contributed by atoms with Crippen molar-refractivity contribution in [2.75, 3.05) is 6.61 Å². The van der Waals surface area contributed by atoms with Crippen molar-refractivity contribution < 1.29 is 4.74 Å². The molecule has 1 saturated heterocycles. The molecule has 2 unspecified atom stereocenters. The average molecular weight is 352 g/mol. The van der Waals surface area contributed by atoms with Crippen LogP contribution in [0.4, 0.5) is 0 Å². The van der Waals surface area contributed by atoms with E-state index in [2.05, 4.69) is 52.4 Å². The topological polar surface area (TPSA) is 21.3 Å². The second kappa shape index (κ2) is 6.80. The first kappa shape index (κ1) is 15.5. The van der Waals surface area contributed by atoms with Gasteiger partial charge in [-0.05, 0) is 50.3 Å². The van der Waals surface area contributed by atoms with Gasteiger partial charge in [0, 0.05) is 23.2 Å². The largest absolute Gasteiger partial charge is 0.375 e. The fourth-order valence-electron chi connectivity index (χ4n) is 3.94. The maximum Gasteiger partial charge on any atom is 0.0697 e. The van der Waals surface area contributed by atoms with Gasteiger partial charge in [0.25, 0.3) is 0 Å². The molecule has 3 heteroatoms. The number of hydrogen-bond donors (Lipinski definition) is 1. The summed E-state index contributed by atoms with van der Waals surface area (Å²) < 4.78 is 7.35. The zero-order valence-electron chi connectivity index (χ0n) is 12.9. The van der Waals surface area contributed by atoms with Crippen LogP contribution in [0.3, 0.4) is 0 Å². The number of ether oxygens (including phenoxy) is 1. The van der Waals surface area contributed by atoms with Gasteiger partial charge in [0.05, 0.1) is 5.60 Å². The quantitative estimate of drug-likeness (QED) is 0.828. The lowest BCUT2D eigenvalue weighted by atomic mass is 9.78. The number of hydrogen-bond acceptors (Lipinski definition) is 2. The molecule has 2 nitrogen and oxygen atoms in total. The number of halogens is 1. The Bertz CT molecular complexity index is 465. The summed E-state index contributed by atoms with van der Waals surface area (Å²) >= 11 is 3.57. The van der Waals surface area contributed by atoms with E-state index in [4.69, 9.17) is 4.74 Å². The van der Waals surface area contributed by atoms with E-state index in [9.17, 15) is 0 Å². The van der Waals surface area contributed by atoms with Gasteiger partial charge in [0.2, 0.25) is 0 Å². The number of nitrogens with one attached hydrogen (secondary N) is 1. The molecule has 0 amide bonds. The smallest absolute Gasteiger partial charge is 0.0697 e. The fourth-order valence-corrected chi connectivity index (χ4v) is 4.36. The molecule has 0 aromatic heterocycles. The van der Waals surface area contributed by atoms with Gasteiger partial charge in [-0.2, -0.15) is 0 Å². The third-order valence-corrected chi connectivity index (χ3v) is 5.59. The Morgan fingerprint density at radius 2 is 2.10 bits per heavy atom. The van der Waals surface area contributed by atoms with Crippen LogP contribution in [0.15, 0.2) is 28.7 Å². The predicted octanol–water partition coefficient (Wildman–Crippen LogP) is 4.98. The molecule has 1 spiro atoms. The summed E-state index contributed by atoms with van der Waals surface area (Å²) in [5, 5.41) is 3.83. The van der Waals surface area contributed by atoms with E-state index in [1.54, 1.807) is 0 Å². The van der Waals surface area contributed by atoms with E-state index in [1.165, 1.54) is 44.1 Å². The lowest BCUT2D eigenvalue weighted by molar-refractivity contribution is -0.110. The lowest BCUT2D eigenvalue weighted by Crippen LogP contribution is -2.48. The van der Waals surface area contributed by atoms with E-state index in [-0.39, 0.29) is 5.60 Å². The summed E-state index contributed by atoms with van der Waals surface area (Å²) in [5.74, 6) is 0. The first-order valence-corrected chi connectivity index (χ1v) is 9.12. The highest BCUT2D eigenvalue weighted by Crippen LogP contribution is 2.39. The molecule has 1 aliphatic heterocycles. The Hall–Kier alpha value is -0.380. The van der Waals surface area contributed by atoms with Crippen molar-refractivity contribution >= 4 is 15.9 Å². The van der Waals surface area contributed by atoms with Crippen molar-refractivity contribution in [3.8, 4) is 0 Å². The standard InChI is InChI=1S/C18H26BrNO/c1-14(15-6-5-7-16(19)12-15)20-17-8-11-21-18(13-17)9-3-2-4-10-18/h5-7,12,14,17,20H,2-4,8-11,13H2,1H3. The maximum atomic E-state index is 6.20. The molecule has 1 heterocycles. The van der Waals surface area contributed by atoms with Crippen LogP contribution in [0.2, 0.25) is 0 Å². The summed E-state index contributed by atoms with van der Waals surface area (Å²) in [4.78, 5) is 0. The summed E-state index contributed by atoms with van der Waals surface area (Å²) in [6.45, 7) is 3.19. The van der Waals surface area contributed by atoms with E-state index in [1.807, 2.05) is 0 Å². The van der Waals surface area contributed by atoms with Crippen LogP contribution >= 0.6 is 15.9 Å². The molecule has 1 aromatic rings. The van der Waals surface area contributed by atoms with Crippen molar-refractivity contribution in [2.45, 2.75) is 69.6 Å². The minimum absolute atomic E-state index is 0.186. The second-order valence-electron chi connectivity index (χ2n) is 6.73. The van der Waals surface area contributed by atoms with E-state index >= 15 is 0 Å². The first-order valence-electron chi connectivity index (χ1n) is 8.32. The third kappa shape index (κ3) is 3.88. The molecule has 1 aromatic carbocycles. The van der Waals surface area contributed by atoms with Crippen molar-refractivity contribution in [3.05, 3.63) is 34.3 Å². The van der Waals surface area contributed by atoms with Crippen LogP contribution in [0.25, 0.3) is 0 Å². The van der Waals surface area contributed by atoms with Crippen molar-refractivity contribution in [3.63, 3.8) is 0 Å². The molecule has 2 fully saturated rings.